The Morgan fingerprint density at radius 3 is 2.02 bits per heavy atom. The monoisotopic (exact) mass is 802 g/mol. The molecule has 0 spiro atoms. The number of carbonyl (C=O) groups excluding carboxylic acids is 6. The first kappa shape index (κ1) is 49.1. The Labute approximate surface area is 340 Å². The van der Waals surface area contributed by atoms with Gasteiger partial charge < -0.3 is 45.9 Å². The second-order valence-corrected chi connectivity index (χ2v) is 16.1. The molecule has 0 saturated carbocycles. The van der Waals surface area contributed by atoms with Gasteiger partial charge in [0, 0.05) is 48.3 Å². The highest BCUT2D eigenvalue weighted by molar-refractivity contribution is 5.93. The van der Waals surface area contributed by atoms with Crippen LogP contribution in [0.15, 0.2) is 30.3 Å². The number of nitrogens with two attached hydrogens (primary N) is 1. The first-order chi connectivity index (χ1) is 26.9. The lowest BCUT2D eigenvalue weighted by molar-refractivity contribution is -0.148. The van der Waals surface area contributed by atoms with Crippen molar-refractivity contribution in [2.45, 2.75) is 123 Å². The summed E-state index contributed by atoms with van der Waals surface area (Å²) >= 11 is 0. The van der Waals surface area contributed by atoms with Gasteiger partial charge in [0.1, 0.15) is 18.1 Å². The van der Waals surface area contributed by atoms with Crippen LogP contribution in [0.4, 0.5) is 0 Å². The highest BCUT2D eigenvalue weighted by Gasteiger charge is 2.43. The third kappa shape index (κ3) is 13.0. The quantitative estimate of drug-likeness (QED) is 0.136. The lowest BCUT2D eigenvalue weighted by Gasteiger charge is -2.41. The number of nitrogens with zero attached hydrogens (tertiary/aromatic N) is 3. The molecule has 0 aliphatic carbocycles. The van der Waals surface area contributed by atoms with Crippen molar-refractivity contribution in [3.8, 4) is 0 Å². The summed E-state index contributed by atoms with van der Waals surface area (Å²) in [4.78, 5) is 85.8. The maximum atomic E-state index is 14.3. The van der Waals surface area contributed by atoms with Gasteiger partial charge in [-0.25, -0.2) is 0 Å². The Hall–Kier alpha value is -4.08. The second-order valence-electron chi connectivity index (χ2n) is 16.1. The predicted octanol–water partition coefficient (Wildman–Crippen LogP) is 1.96. The lowest BCUT2D eigenvalue weighted by atomic mass is 9.89. The number of ether oxygens (including phenoxy) is 2. The Kier molecular flexibility index (Phi) is 20.1. The number of hydrogen-bond acceptors (Lipinski definition) is 9. The number of benzene rings is 1. The van der Waals surface area contributed by atoms with Gasteiger partial charge in [0.05, 0.1) is 43.2 Å². The number of nitrogens with one attached hydrogen (secondary N) is 3. The van der Waals surface area contributed by atoms with Crippen LogP contribution in [0.5, 0.6) is 0 Å². The zero-order valence-corrected chi connectivity index (χ0v) is 36.4. The van der Waals surface area contributed by atoms with E-state index in [0.29, 0.717) is 32.2 Å². The molecule has 1 aliphatic rings. The molecule has 1 heterocycles. The summed E-state index contributed by atoms with van der Waals surface area (Å²) in [5.74, 6) is -3.38. The average Bonchev–Trinajstić information content (AvgIpc) is 3.68. The number of hydrogen-bond donors (Lipinski definition) is 4. The van der Waals surface area contributed by atoms with E-state index in [1.54, 1.807) is 23.8 Å². The number of rotatable bonds is 22. The van der Waals surface area contributed by atoms with Crippen LogP contribution in [-0.2, 0) is 44.7 Å². The minimum absolute atomic E-state index is 0.0351. The SMILES string of the molecule is CC[C@H](C)[C@@H]([C@@H](CC(=O)N1CCC[C@H]1[C@H](OC)[C@@H](C)C(=O)N[C@@H](Cc1ccccc1)C(=O)NC)OC)N(C)C(=O)C(NC(=O)[C@H](C(C)C)N(C)C(=O)CN)C(C)C. The molecule has 0 bridgehead atoms. The molecule has 0 aromatic heterocycles. The summed E-state index contributed by atoms with van der Waals surface area (Å²) < 4.78 is 11.9. The summed E-state index contributed by atoms with van der Waals surface area (Å²) in [6.45, 7) is 13.3. The van der Waals surface area contributed by atoms with Crippen molar-refractivity contribution < 1.29 is 38.2 Å². The van der Waals surface area contributed by atoms with Gasteiger partial charge in [-0.3, -0.25) is 28.8 Å². The molecular formula is C42H71N7O8. The number of likely N-dealkylation sites (N-methyl/N-ethyl adjacent to an activating group) is 3. The van der Waals surface area contributed by atoms with Crippen molar-refractivity contribution >= 4 is 35.4 Å². The molecule has 5 N–H and O–H groups in total. The average molecular weight is 802 g/mol. The van der Waals surface area contributed by atoms with E-state index in [9.17, 15) is 28.8 Å². The van der Waals surface area contributed by atoms with Gasteiger partial charge in [-0.15, -0.1) is 0 Å². The van der Waals surface area contributed by atoms with Gasteiger partial charge in [0.25, 0.3) is 0 Å². The summed E-state index contributed by atoms with van der Waals surface area (Å²) in [6, 6.07) is 5.95. The molecule has 2 rings (SSSR count). The van der Waals surface area contributed by atoms with Gasteiger partial charge in [0.15, 0.2) is 0 Å². The van der Waals surface area contributed by atoms with E-state index in [0.717, 1.165) is 5.56 Å². The molecule has 1 aromatic carbocycles. The van der Waals surface area contributed by atoms with Crippen LogP contribution in [0, 0.1) is 23.7 Å². The molecule has 1 aromatic rings. The molecule has 9 atom stereocenters. The number of amides is 6. The minimum Gasteiger partial charge on any atom is -0.379 e. The van der Waals surface area contributed by atoms with Crippen LogP contribution in [0.3, 0.4) is 0 Å². The molecular weight excluding hydrogens is 731 g/mol. The molecule has 0 radical (unpaired) electrons. The van der Waals surface area contributed by atoms with E-state index in [1.165, 1.54) is 33.2 Å². The van der Waals surface area contributed by atoms with E-state index in [4.69, 9.17) is 15.2 Å². The van der Waals surface area contributed by atoms with Crippen LogP contribution < -0.4 is 21.7 Å². The molecule has 1 aliphatic heterocycles. The first-order valence-corrected chi connectivity index (χ1v) is 20.3. The van der Waals surface area contributed by atoms with Crippen LogP contribution >= 0.6 is 0 Å². The highest BCUT2D eigenvalue weighted by atomic mass is 16.5. The number of carbonyl (C=O) groups is 6. The molecule has 1 fully saturated rings. The summed E-state index contributed by atoms with van der Waals surface area (Å²) in [6.07, 6.45) is 0.940. The van der Waals surface area contributed by atoms with E-state index in [2.05, 4.69) is 16.0 Å². The van der Waals surface area contributed by atoms with E-state index < -0.39 is 54.2 Å². The van der Waals surface area contributed by atoms with Crippen molar-refractivity contribution in [2.24, 2.45) is 29.4 Å². The lowest BCUT2D eigenvalue weighted by Crippen LogP contribution is -2.60. The van der Waals surface area contributed by atoms with Gasteiger partial charge in [-0.1, -0.05) is 85.2 Å². The molecule has 15 nitrogen and oxygen atoms in total. The Morgan fingerprint density at radius 1 is 0.877 bits per heavy atom. The van der Waals surface area contributed by atoms with Gasteiger partial charge >= 0.3 is 0 Å². The highest BCUT2D eigenvalue weighted by Crippen LogP contribution is 2.30. The second kappa shape index (κ2) is 23.4. The van der Waals surface area contributed by atoms with Crippen LogP contribution in [-0.4, -0.2) is 141 Å². The van der Waals surface area contributed by atoms with Crippen molar-refractivity contribution in [2.75, 3.05) is 48.5 Å². The van der Waals surface area contributed by atoms with Crippen molar-refractivity contribution in [1.29, 1.82) is 0 Å². The summed E-state index contributed by atoms with van der Waals surface area (Å²) in [5, 5.41) is 8.47. The van der Waals surface area contributed by atoms with Gasteiger partial charge in [-0.05, 0) is 36.2 Å². The van der Waals surface area contributed by atoms with Crippen LogP contribution in [0.1, 0.15) is 79.7 Å². The Morgan fingerprint density at radius 2 is 1.51 bits per heavy atom. The molecule has 15 heteroatoms. The fourth-order valence-corrected chi connectivity index (χ4v) is 8.04. The Bertz CT molecular complexity index is 1480. The molecule has 322 valence electrons. The smallest absolute Gasteiger partial charge is 0.245 e. The fourth-order valence-electron chi connectivity index (χ4n) is 8.04. The summed E-state index contributed by atoms with van der Waals surface area (Å²) in [5.41, 5.74) is 6.49. The topological polar surface area (TPSA) is 193 Å². The maximum absolute atomic E-state index is 14.3. The zero-order chi connectivity index (χ0) is 43.1. The molecule has 1 saturated heterocycles. The normalized spacial score (nSPS) is 18.4. The molecule has 1 unspecified atom stereocenters. The zero-order valence-electron chi connectivity index (χ0n) is 36.4. The van der Waals surface area contributed by atoms with E-state index >= 15 is 0 Å². The molecule has 6 amide bonds. The van der Waals surface area contributed by atoms with Crippen molar-refractivity contribution in [3.63, 3.8) is 0 Å². The van der Waals surface area contributed by atoms with Crippen LogP contribution in [0.2, 0.25) is 0 Å². The summed E-state index contributed by atoms with van der Waals surface area (Å²) in [7, 11) is 7.77. The van der Waals surface area contributed by atoms with Gasteiger partial charge in [-0.2, -0.15) is 0 Å². The van der Waals surface area contributed by atoms with E-state index in [1.807, 2.05) is 71.9 Å². The van der Waals surface area contributed by atoms with Gasteiger partial charge in [0.2, 0.25) is 35.4 Å². The van der Waals surface area contributed by atoms with Crippen LogP contribution in [0.25, 0.3) is 0 Å². The maximum Gasteiger partial charge on any atom is 0.245 e. The third-order valence-corrected chi connectivity index (χ3v) is 11.5. The molecule has 57 heavy (non-hydrogen) atoms. The standard InChI is InChI=1S/C42H71N7O8/c1-13-27(6)37(48(10)42(55)35(25(2)3)46-41(54)36(26(4)5)47(9)34(51)24-43)32(56-11)23-33(50)49-21-17-20-31(49)38(57-12)28(7)39(52)45-30(40(53)44-8)22-29-18-15-14-16-19-29/h14-16,18-19,25-28,30-32,35-38H,13,17,20-24,43H2,1-12H3,(H,44,53)(H,45,52)(H,46,54)/t27-,28+,30-,31-,32+,35?,36-,37-,38+/m0/s1. The Balaban J connectivity index is 2.31. The van der Waals surface area contributed by atoms with Crippen molar-refractivity contribution in [3.05, 3.63) is 35.9 Å². The largest absolute Gasteiger partial charge is 0.379 e. The minimum atomic E-state index is -0.918. The van der Waals surface area contributed by atoms with E-state index in [-0.39, 0.29) is 60.3 Å². The number of methoxy groups -OCH3 is 2. The predicted molar refractivity (Wildman–Crippen MR) is 219 cm³/mol. The first-order valence-electron chi connectivity index (χ1n) is 20.3. The van der Waals surface area contributed by atoms with Crippen molar-refractivity contribution in [1.82, 2.24) is 30.7 Å². The fraction of sp³-hybridized carbons (Fsp3) is 0.714. The number of likely N-dealkylation sites (tertiary alicyclic amines) is 1. The third-order valence-electron chi connectivity index (χ3n) is 11.5.